The van der Waals surface area contributed by atoms with Crippen LogP contribution in [0.3, 0.4) is 0 Å². The minimum atomic E-state index is -0.613. The van der Waals surface area contributed by atoms with Crippen molar-refractivity contribution >= 4 is 28.8 Å². The lowest BCUT2D eigenvalue weighted by Gasteiger charge is -2.16. The van der Waals surface area contributed by atoms with Gasteiger partial charge in [-0.15, -0.1) is 0 Å². The third-order valence-electron chi connectivity index (χ3n) is 3.93. The van der Waals surface area contributed by atoms with Crippen LogP contribution in [-0.2, 0) is 0 Å². The summed E-state index contributed by atoms with van der Waals surface area (Å²) in [4.78, 5) is 29.1. The van der Waals surface area contributed by atoms with Crippen molar-refractivity contribution in [3.8, 4) is 0 Å². The number of amides is 1. The zero-order valence-corrected chi connectivity index (χ0v) is 12.9. The summed E-state index contributed by atoms with van der Waals surface area (Å²) < 4.78 is 0. The lowest BCUT2D eigenvalue weighted by Crippen LogP contribution is -2.19. The molecule has 0 saturated carbocycles. The maximum atomic E-state index is 12.2. The molecule has 1 aliphatic heterocycles. The Morgan fingerprint density at radius 1 is 1.25 bits per heavy atom. The molecule has 2 aromatic rings. The number of hydrogen-bond acceptors (Lipinski definition) is 6. The molecule has 0 radical (unpaired) electrons. The van der Waals surface area contributed by atoms with Crippen LogP contribution in [0.1, 0.15) is 23.2 Å². The third kappa shape index (κ3) is 3.27. The molecule has 1 aromatic carbocycles. The molecule has 1 aliphatic rings. The van der Waals surface area contributed by atoms with E-state index in [0.717, 1.165) is 37.8 Å². The summed E-state index contributed by atoms with van der Waals surface area (Å²) in [5.41, 5.74) is 5.96. The summed E-state index contributed by atoms with van der Waals surface area (Å²) in [6.07, 6.45) is 3.91. The molecule has 1 amide bonds. The first kappa shape index (κ1) is 15.7. The van der Waals surface area contributed by atoms with Crippen molar-refractivity contribution in [1.29, 1.82) is 0 Å². The molecule has 0 bridgehead atoms. The highest BCUT2D eigenvalue weighted by atomic mass is 16.6. The average molecular weight is 327 g/mol. The molecule has 3 rings (SSSR count). The highest BCUT2D eigenvalue weighted by Gasteiger charge is 2.16. The van der Waals surface area contributed by atoms with Crippen LogP contribution in [0.4, 0.5) is 22.9 Å². The number of nitrogens with zero attached hydrogens (tertiary/aromatic N) is 3. The van der Waals surface area contributed by atoms with Gasteiger partial charge in [-0.1, -0.05) is 0 Å². The summed E-state index contributed by atoms with van der Waals surface area (Å²) in [6, 6.07) is 7.58. The molecule has 1 aromatic heterocycles. The Morgan fingerprint density at radius 3 is 2.62 bits per heavy atom. The smallest absolute Gasteiger partial charge is 0.292 e. The first-order valence-corrected chi connectivity index (χ1v) is 7.61. The van der Waals surface area contributed by atoms with Crippen molar-refractivity contribution in [1.82, 2.24) is 4.98 Å². The number of pyridine rings is 1. The lowest BCUT2D eigenvalue weighted by atomic mass is 10.1. The van der Waals surface area contributed by atoms with E-state index in [1.165, 1.54) is 12.1 Å². The maximum absolute atomic E-state index is 12.2. The zero-order valence-electron chi connectivity index (χ0n) is 12.9. The largest absolute Gasteiger partial charge is 0.393 e. The Bertz CT molecular complexity index is 770. The second-order valence-corrected chi connectivity index (χ2v) is 5.58. The molecular weight excluding hydrogens is 310 g/mol. The minimum absolute atomic E-state index is 0.0215. The number of hydrogen-bond donors (Lipinski definition) is 2. The molecular formula is C16H17N5O3. The van der Waals surface area contributed by atoms with Gasteiger partial charge in [-0.05, 0) is 37.1 Å². The molecule has 8 heteroatoms. The number of carbonyl (C=O) groups is 1. The number of nitrogen functional groups attached to an aromatic ring is 1. The molecule has 1 fully saturated rings. The lowest BCUT2D eigenvalue weighted by molar-refractivity contribution is -0.383. The number of nitro benzene ring substituents is 1. The van der Waals surface area contributed by atoms with Gasteiger partial charge in [0.1, 0.15) is 11.5 Å². The summed E-state index contributed by atoms with van der Waals surface area (Å²) in [5, 5.41) is 13.6. The average Bonchev–Trinajstić information content (AvgIpc) is 3.10. The summed E-state index contributed by atoms with van der Waals surface area (Å²) in [6.45, 7) is 1.99. The maximum Gasteiger partial charge on any atom is 0.292 e. The van der Waals surface area contributed by atoms with E-state index < -0.39 is 10.8 Å². The fraction of sp³-hybridized carbons (Fsp3) is 0.250. The number of anilines is 3. The second kappa shape index (κ2) is 6.53. The van der Waals surface area contributed by atoms with E-state index in [4.69, 9.17) is 5.73 Å². The van der Waals surface area contributed by atoms with Crippen molar-refractivity contribution in [3.63, 3.8) is 0 Å². The van der Waals surface area contributed by atoms with E-state index in [1.807, 2.05) is 6.07 Å². The summed E-state index contributed by atoms with van der Waals surface area (Å²) in [7, 11) is 0. The number of rotatable bonds is 4. The fourth-order valence-corrected chi connectivity index (χ4v) is 2.64. The predicted molar refractivity (Wildman–Crippen MR) is 91.1 cm³/mol. The second-order valence-electron chi connectivity index (χ2n) is 5.58. The predicted octanol–water partition coefficient (Wildman–Crippen LogP) is 2.42. The number of benzene rings is 1. The summed E-state index contributed by atoms with van der Waals surface area (Å²) >= 11 is 0. The Labute approximate surface area is 138 Å². The van der Waals surface area contributed by atoms with Gasteiger partial charge in [0, 0.05) is 24.7 Å². The number of nitro groups is 1. The Balaban J connectivity index is 1.72. The van der Waals surface area contributed by atoms with Crippen molar-refractivity contribution < 1.29 is 9.72 Å². The highest BCUT2D eigenvalue weighted by molar-refractivity contribution is 6.05. The van der Waals surface area contributed by atoms with Crippen molar-refractivity contribution in [2.45, 2.75) is 12.8 Å². The first-order chi connectivity index (χ1) is 11.5. The van der Waals surface area contributed by atoms with E-state index in [0.29, 0.717) is 5.69 Å². The number of carbonyl (C=O) groups excluding carboxylic acids is 1. The van der Waals surface area contributed by atoms with Crippen molar-refractivity contribution in [2.75, 3.05) is 29.0 Å². The number of nitrogens with one attached hydrogen (secondary N) is 1. The quantitative estimate of drug-likeness (QED) is 0.506. The van der Waals surface area contributed by atoms with Crippen LogP contribution in [0.2, 0.25) is 0 Å². The minimum Gasteiger partial charge on any atom is -0.393 e. The number of nitrogens with two attached hydrogens (primary N) is 1. The zero-order chi connectivity index (χ0) is 17.1. The van der Waals surface area contributed by atoms with Crippen molar-refractivity contribution in [3.05, 3.63) is 52.2 Å². The fourth-order valence-electron chi connectivity index (χ4n) is 2.64. The molecule has 3 N–H and O–H groups in total. The molecule has 0 atom stereocenters. The van der Waals surface area contributed by atoms with Crippen molar-refractivity contribution in [2.24, 2.45) is 0 Å². The van der Waals surface area contributed by atoms with Gasteiger partial charge >= 0.3 is 0 Å². The highest BCUT2D eigenvalue weighted by Crippen LogP contribution is 2.23. The Morgan fingerprint density at radius 2 is 2.00 bits per heavy atom. The molecule has 0 aliphatic carbocycles. The van der Waals surface area contributed by atoms with Crippen LogP contribution < -0.4 is 16.0 Å². The number of aromatic nitrogens is 1. The van der Waals surface area contributed by atoms with Gasteiger partial charge in [-0.25, -0.2) is 4.98 Å². The van der Waals surface area contributed by atoms with E-state index in [9.17, 15) is 14.9 Å². The van der Waals surface area contributed by atoms with Crippen LogP contribution >= 0.6 is 0 Å². The molecule has 2 heterocycles. The molecule has 0 unspecified atom stereocenters. The van der Waals surface area contributed by atoms with Crippen LogP contribution in [0.5, 0.6) is 0 Å². The van der Waals surface area contributed by atoms with Gasteiger partial charge < -0.3 is 16.0 Å². The van der Waals surface area contributed by atoms with E-state index in [1.54, 1.807) is 12.3 Å². The Kier molecular flexibility index (Phi) is 4.28. The molecule has 8 nitrogen and oxygen atoms in total. The topological polar surface area (TPSA) is 114 Å². The van der Waals surface area contributed by atoms with Gasteiger partial charge in [-0.2, -0.15) is 0 Å². The summed E-state index contributed by atoms with van der Waals surface area (Å²) in [5.74, 6) is 0.433. The monoisotopic (exact) mass is 327 g/mol. The van der Waals surface area contributed by atoms with Gasteiger partial charge in [0.25, 0.3) is 11.6 Å². The van der Waals surface area contributed by atoms with E-state index in [-0.39, 0.29) is 16.9 Å². The van der Waals surface area contributed by atoms with Gasteiger partial charge in [0.15, 0.2) is 0 Å². The Hall–Kier alpha value is -3.16. The van der Waals surface area contributed by atoms with Gasteiger partial charge in [0.05, 0.1) is 16.8 Å². The molecule has 124 valence electrons. The van der Waals surface area contributed by atoms with Crippen LogP contribution in [0, 0.1) is 10.1 Å². The first-order valence-electron chi connectivity index (χ1n) is 7.61. The SMILES string of the molecule is Nc1ccc(C(=O)Nc2ccc(N3CCCC3)nc2)cc1[N+](=O)[O-]. The molecule has 0 spiro atoms. The van der Waals surface area contributed by atoms with Crippen LogP contribution in [-0.4, -0.2) is 28.9 Å². The van der Waals surface area contributed by atoms with E-state index in [2.05, 4.69) is 15.2 Å². The van der Waals surface area contributed by atoms with Gasteiger partial charge in [-0.3, -0.25) is 14.9 Å². The normalized spacial score (nSPS) is 13.8. The molecule has 1 saturated heterocycles. The standard InChI is InChI=1S/C16H17N5O3/c17-13-5-3-11(9-14(13)21(23)24)16(22)19-12-4-6-15(18-10-12)20-7-1-2-8-20/h3-6,9-10H,1-2,7-8,17H2,(H,19,22). The van der Waals surface area contributed by atoms with Gasteiger partial charge in [0.2, 0.25) is 0 Å². The third-order valence-corrected chi connectivity index (χ3v) is 3.93. The van der Waals surface area contributed by atoms with Crippen LogP contribution in [0.15, 0.2) is 36.5 Å². The van der Waals surface area contributed by atoms with Crippen LogP contribution in [0.25, 0.3) is 0 Å². The van der Waals surface area contributed by atoms with E-state index >= 15 is 0 Å². The molecule has 24 heavy (non-hydrogen) atoms.